The van der Waals surface area contributed by atoms with Crippen LogP contribution in [0, 0.1) is 0 Å². The highest BCUT2D eigenvalue weighted by molar-refractivity contribution is 7.39. The third kappa shape index (κ3) is 6.52. The minimum atomic E-state index is -0.924. The van der Waals surface area contributed by atoms with Crippen molar-refractivity contribution in [3.8, 4) is 0 Å². The molecular weight excluding hydrogens is 425 g/mol. The molecule has 0 amide bonds. The van der Waals surface area contributed by atoms with Crippen LogP contribution < -0.4 is 0 Å². The van der Waals surface area contributed by atoms with E-state index in [2.05, 4.69) is 48.5 Å². The Morgan fingerprint density at radius 1 is 0.727 bits per heavy atom. The van der Waals surface area contributed by atoms with Crippen LogP contribution in [0.2, 0.25) is 0 Å². The average Bonchev–Trinajstić information content (AvgIpc) is 2.89. The molecule has 1 unspecified atom stereocenters. The first kappa shape index (κ1) is 24.1. The number of hydrogen-bond donors (Lipinski definition) is 1. The summed E-state index contributed by atoms with van der Waals surface area (Å²) in [7, 11) is 0.418. The zero-order valence-electron chi connectivity index (χ0n) is 19.5. The quantitative estimate of drug-likeness (QED) is 0.223. The maximum atomic E-state index is 11.9. The van der Waals surface area contributed by atoms with E-state index in [4.69, 9.17) is 4.74 Å². The summed E-state index contributed by atoms with van der Waals surface area (Å²) in [5, 5.41) is 11.0. The Morgan fingerprint density at radius 3 is 1.85 bits per heavy atom. The van der Waals surface area contributed by atoms with Crippen molar-refractivity contribution >= 4 is 8.58 Å². The summed E-state index contributed by atoms with van der Waals surface area (Å²) in [5.41, 5.74) is 3.22. The van der Waals surface area contributed by atoms with Crippen LogP contribution in [0.4, 0.5) is 0 Å². The van der Waals surface area contributed by atoms with Gasteiger partial charge in [0.15, 0.2) is 0 Å². The molecule has 1 fully saturated rings. The molecule has 0 spiro atoms. The molecule has 3 aromatic rings. The Hall–Kier alpha value is -2.03. The van der Waals surface area contributed by atoms with Crippen LogP contribution >= 0.6 is 8.58 Å². The SMILES string of the molecule is OC(PCC[N+]1(CCOCc2ccccc2)CCCCC1)(c1ccccc1)c1ccccc1. The number of nitrogens with zero attached hydrogens (tertiary/aromatic N) is 1. The van der Waals surface area contributed by atoms with Gasteiger partial charge in [-0.25, -0.2) is 0 Å². The molecule has 1 N–H and O–H groups in total. The molecule has 1 saturated heterocycles. The molecule has 3 aromatic carbocycles. The molecule has 1 heterocycles. The zero-order valence-corrected chi connectivity index (χ0v) is 20.5. The van der Waals surface area contributed by atoms with E-state index in [1.54, 1.807) is 0 Å². The fourth-order valence-corrected chi connectivity index (χ4v) is 6.66. The van der Waals surface area contributed by atoms with Crippen LogP contribution in [0.5, 0.6) is 0 Å². The molecule has 1 aliphatic heterocycles. The molecule has 1 atom stereocenters. The lowest BCUT2D eigenvalue weighted by Gasteiger charge is -2.42. The van der Waals surface area contributed by atoms with Crippen molar-refractivity contribution in [2.24, 2.45) is 0 Å². The van der Waals surface area contributed by atoms with Gasteiger partial charge in [-0.05, 0) is 36.0 Å². The summed E-state index contributed by atoms with van der Waals surface area (Å²) >= 11 is 0. The second-order valence-electron chi connectivity index (χ2n) is 9.20. The van der Waals surface area contributed by atoms with Crippen molar-refractivity contribution in [3.05, 3.63) is 108 Å². The lowest BCUT2D eigenvalue weighted by molar-refractivity contribution is -0.930. The molecular formula is C29H37NO2P+. The fourth-order valence-electron chi connectivity index (χ4n) is 4.97. The molecule has 0 aromatic heterocycles. The first-order chi connectivity index (χ1) is 16.2. The topological polar surface area (TPSA) is 29.5 Å². The monoisotopic (exact) mass is 462 g/mol. The minimum Gasteiger partial charge on any atom is -0.377 e. The number of ether oxygens (including phenoxy) is 1. The summed E-state index contributed by atoms with van der Waals surface area (Å²) in [5.74, 6) is 0. The summed E-state index contributed by atoms with van der Waals surface area (Å²) in [6, 6.07) is 30.8. The Bertz CT molecular complexity index is 904. The van der Waals surface area contributed by atoms with E-state index in [0.29, 0.717) is 15.2 Å². The number of aliphatic hydroxyl groups is 1. The second kappa shape index (κ2) is 11.9. The number of piperidine rings is 1. The van der Waals surface area contributed by atoms with Crippen LogP contribution in [-0.4, -0.2) is 48.5 Å². The summed E-state index contributed by atoms with van der Waals surface area (Å²) in [4.78, 5) is 0. The van der Waals surface area contributed by atoms with Crippen LogP contribution in [0.25, 0.3) is 0 Å². The van der Waals surface area contributed by atoms with Gasteiger partial charge >= 0.3 is 0 Å². The van der Waals surface area contributed by atoms with Gasteiger partial charge in [-0.15, -0.1) is 0 Å². The van der Waals surface area contributed by atoms with Gasteiger partial charge in [-0.2, -0.15) is 0 Å². The van der Waals surface area contributed by atoms with Crippen molar-refractivity contribution in [2.75, 3.05) is 38.9 Å². The fraction of sp³-hybridized carbons (Fsp3) is 0.379. The van der Waals surface area contributed by atoms with E-state index in [0.717, 1.165) is 41.5 Å². The second-order valence-corrected chi connectivity index (χ2v) is 10.8. The van der Waals surface area contributed by atoms with Crippen molar-refractivity contribution in [1.29, 1.82) is 0 Å². The maximum absolute atomic E-state index is 11.9. The molecule has 0 radical (unpaired) electrons. The van der Waals surface area contributed by atoms with Crippen LogP contribution in [0.1, 0.15) is 36.0 Å². The van der Waals surface area contributed by atoms with Crippen molar-refractivity contribution < 1.29 is 14.3 Å². The van der Waals surface area contributed by atoms with Gasteiger partial charge in [0.1, 0.15) is 11.9 Å². The number of hydrogen-bond acceptors (Lipinski definition) is 2. The van der Waals surface area contributed by atoms with Gasteiger partial charge in [0.05, 0.1) is 32.8 Å². The van der Waals surface area contributed by atoms with E-state index in [-0.39, 0.29) is 0 Å². The Kier molecular flexibility index (Phi) is 8.69. The van der Waals surface area contributed by atoms with E-state index in [9.17, 15) is 5.11 Å². The van der Waals surface area contributed by atoms with Gasteiger partial charge in [0, 0.05) is 6.16 Å². The average molecular weight is 463 g/mol. The van der Waals surface area contributed by atoms with Crippen molar-refractivity contribution in [3.63, 3.8) is 0 Å². The molecule has 0 saturated carbocycles. The van der Waals surface area contributed by atoms with Gasteiger partial charge < -0.3 is 14.3 Å². The Morgan fingerprint density at radius 2 is 1.27 bits per heavy atom. The normalized spacial score (nSPS) is 16.3. The van der Waals surface area contributed by atoms with Gasteiger partial charge in [-0.1, -0.05) is 99.6 Å². The maximum Gasteiger partial charge on any atom is 0.131 e. The Balaban J connectivity index is 1.39. The predicted molar refractivity (Wildman–Crippen MR) is 139 cm³/mol. The number of benzene rings is 3. The Labute approximate surface area is 200 Å². The smallest absolute Gasteiger partial charge is 0.131 e. The van der Waals surface area contributed by atoms with E-state index in [1.165, 1.54) is 37.9 Å². The van der Waals surface area contributed by atoms with Gasteiger partial charge in [0.2, 0.25) is 0 Å². The highest BCUT2D eigenvalue weighted by Gasteiger charge is 2.34. The van der Waals surface area contributed by atoms with Crippen molar-refractivity contribution in [2.45, 2.75) is 31.2 Å². The predicted octanol–water partition coefficient (Wildman–Crippen LogP) is 5.78. The summed E-state index contributed by atoms with van der Waals surface area (Å²) in [6.07, 6.45) is 4.94. The third-order valence-electron chi connectivity index (χ3n) is 6.94. The van der Waals surface area contributed by atoms with Crippen LogP contribution in [0.15, 0.2) is 91.0 Å². The van der Waals surface area contributed by atoms with Gasteiger partial charge in [0.25, 0.3) is 0 Å². The first-order valence-corrected chi connectivity index (χ1v) is 13.5. The number of quaternary nitrogens is 1. The summed E-state index contributed by atoms with van der Waals surface area (Å²) in [6.45, 7) is 6.11. The lowest BCUT2D eigenvalue weighted by Crippen LogP contribution is -2.54. The highest BCUT2D eigenvalue weighted by Crippen LogP contribution is 2.45. The summed E-state index contributed by atoms with van der Waals surface area (Å²) < 4.78 is 7.20. The van der Waals surface area contributed by atoms with Crippen molar-refractivity contribution in [1.82, 2.24) is 0 Å². The first-order valence-electron chi connectivity index (χ1n) is 12.3. The van der Waals surface area contributed by atoms with E-state index in [1.807, 2.05) is 42.5 Å². The molecule has 4 rings (SSSR count). The molecule has 0 bridgehead atoms. The molecule has 4 heteroatoms. The molecule has 174 valence electrons. The minimum absolute atomic E-state index is 0.418. The van der Waals surface area contributed by atoms with Crippen LogP contribution in [0.3, 0.4) is 0 Å². The number of rotatable bonds is 11. The molecule has 33 heavy (non-hydrogen) atoms. The molecule has 0 aliphatic carbocycles. The lowest BCUT2D eigenvalue weighted by atomic mass is 10.0. The zero-order chi connectivity index (χ0) is 22.8. The third-order valence-corrected chi connectivity index (χ3v) is 8.50. The highest BCUT2D eigenvalue weighted by atomic mass is 31.1. The molecule has 3 nitrogen and oxygen atoms in total. The van der Waals surface area contributed by atoms with Crippen LogP contribution in [-0.2, 0) is 16.7 Å². The standard InChI is InChI=1S/C29H37NO2P/c31-29(27-15-7-2-8-16-27,28-17-9-3-10-18-28)33-24-22-30(19-11-4-12-20-30)21-23-32-25-26-13-5-1-6-14-26/h1-3,5-10,13-18,31,33H,4,11-12,19-25H2/q+1. The number of likely N-dealkylation sites (tertiary alicyclic amines) is 1. The largest absolute Gasteiger partial charge is 0.377 e. The molecule has 1 aliphatic rings. The van der Waals surface area contributed by atoms with E-state index >= 15 is 0 Å². The van der Waals surface area contributed by atoms with Gasteiger partial charge in [-0.3, -0.25) is 0 Å². The van der Waals surface area contributed by atoms with E-state index < -0.39 is 5.34 Å².